The van der Waals surface area contributed by atoms with Crippen molar-refractivity contribution >= 4 is 16.8 Å². The maximum Gasteiger partial charge on any atom is 0.194 e. The number of benzene rings is 1. The normalized spacial score (nSPS) is 11.9. The quantitative estimate of drug-likeness (QED) is 0.567. The van der Waals surface area contributed by atoms with Gasteiger partial charge in [0.2, 0.25) is 0 Å². The highest BCUT2D eigenvalue weighted by Crippen LogP contribution is 2.11. The summed E-state index contributed by atoms with van der Waals surface area (Å²) in [7, 11) is 4.11. The van der Waals surface area contributed by atoms with E-state index >= 15 is 0 Å². The van der Waals surface area contributed by atoms with E-state index in [2.05, 4.69) is 41.9 Å². The van der Waals surface area contributed by atoms with Crippen molar-refractivity contribution in [3.8, 4) is 0 Å². The highest BCUT2D eigenvalue weighted by molar-refractivity contribution is 5.96. The molecule has 2 aromatic rings. The SMILES string of the molecule is CCCCCC(N)N=C=NCCCN(C)C.O=c1c2ccccc12. The molecule has 2 aromatic carbocycles. The van der Waals surface area contributed by atoms with Crippen molar-refractivity contribution < 1.29 is 0 Å². The highest BCUT2D eigenvalue weighted by Gasteiger charge is 2.07. The van der Waals surface area contributed by atoms with Gasteiger partial charge in [-0.15, -0.1) is 0 Å². The van der Waals surface area contributed by atoms with Gasteiger partial charge < -0.3 is 10.6 Å². The summed E-state index contributed by atoms with van der Waals surface area (Å²) in [6, 6.07) is 10.1. The van der Waals surface area contributed by atoms with Crippen LogP contribution in [0.3, 0.4) is 0 Å². The first-order valence-corrected chi connectivity index (χ1v) is 8.71. The number of aliphatic imine (C=N–C) groups is 2. The summed E-state index contributed by atoms with van der Waals surface area (Å²) < 4.78 is 0. The molecule has 0 saturated heterocycles. The molecule has 1 unspecified atom stereocenters. The molecule has 132 valence electrons. The fourth-order valence-corrected chi connectivity index (χ4v) is 2.13. The molecule has 5 heteroatoms. The molecule has 24 heavy (non-hydrogen) atoms. The van der Waals surface area contributed by atoms with Gasteiger partial charge >= 0.3 is 0 Å². The second-order valence-corrected chi connectivity index (χ2v) is 6.21. The molecule has 2 N–H and O–H groups in total. The Labute approximate surface area is 145 Å². The first-order valence-electron chi connectivity index (χ1n) is 8.71. The van der Waals surface area contributed by atoms with Gasteiger partial charge in [0.05, 0.1) is 12.6 Å². The molecule has 0 aliphatic carbocycles. The number of hydrogen-bond acceptors (Lipinski definition) is 5. The number of nitrogens with two attached hydrogens (primary N) is 1. The molecule has 0 bridgehead atoms. The monoisotopic (exact) mass is 330 g/mol. The van der Waals surface area contributed by atoms with Gasteiger partial charge in [-0.3, -0.25) is 4.79 Å². The maximum absolute atomic E-state index is 10.5. The minimum atomic E-state index is -0.121. The molecule has 0 amide bonds. The summed E-state index contributed by atoms with van der Waals surface area (Å²) >= 11 is 0. The Morgan fingerprint density at radius 2 is 1.83 bits per heavy atom. The molecule has 0 radical (unpaired) electrons. The lowest BCUT2D eigenvalue weighted by Crippen LogP contribution is -2.16. The Kier molecular flexibility index (Phi) is 9.85. The highest BCUT2D eigenvalue weighted by atomic mass is 16.1. The second-order valence-electron chi connectivity index (χ2n) is 6.21. The van der Waals surface area contributed by atoms with E-state index in [4.69, 9.17) is 5.73 Å². The van der Waals surface area contributed by atoms with Gasteiger partial charge in [-0.25, -0.2) is 9.98 Å². The van der Waals surface area contributed by atoms with Crippen molar-refractivity contribution in [2.75, 3.05) is 27.2 Å². The van der Waals surface area contributed by atoms with E-state index in [1.54, 1.807) is 0 Å². The van der Waals surface area contributed by atoms with Gasteiger partial charge in [-0.05, 0) is 39.9 Å². The average molecular weight is 330 g/mol. The van der Waals surface area contributed by atoms with Crippen LogP contribution in [0.15, 0.2) is 39.0 Å². The zero-order chi connectivity index (χ0) is 17.8. The van der Waals surface area contributed by atoms with Crippen molar-refractivity contribution in [1.29, 1.82) is 0 Å². The van der Waals surface area contributed by atoms with Crippen LogP contribution >= 0.6 is 0 Å². The molecule has 0 aliphatic heterocycles. The molecule has 0 aromatic heterocycles. The molecule has 5 nitrogen and oxygen atoms in total. The molecular weight excluding hydrogens is 300 g/mol. The van der Waals surface area contributed by atoms with Gasteiger partial charge in [0.25, 0.3) is 0 Å². The number of rotatable bonds is 9. The fraction of sp³-hybridized carbons (Fsp3) is 0.579. The summed E-state index contributed by atoms with van der Waals surface area (Å²) in [6.07, 6.45) is 5.44. The first-order chi connectivity index (χ1) is 11.6. The van der Waals surface area contributed by atoms with E-state index in [9.17, 15) is 4.79 Å². The van der Waals surface area contributed by atoms with Crippen LogP contribution in [0.4, 0.5) is 0 Å². The molecule has 2 rings (SSSR count). The van der Waals surface area contributed by atoms with Gasteiger partial charge in [0.15, 0.2) is 5.43 Å². The Hall–Kier alpha value is -1.81. The van der Waals surface area contributed by atoms with Crippen molar-refractivity contribution in [3.05, 3.63) is 34.5 Å². The lowest BCUT2D eigenvalue weighted by atomic mass is 10.2. The second kappa shape index (κ2) is 11.7. The van der Waals surface area contributed by atoms with E-state index in [0.29, 0.717) is 0 Å². The van der Waals surface area contributed by atoms with Crippen molar-refractivity contribution in [2.24, 2.45) is 15.7 Å². The third-order valence-electron chi connectivity index (χ3n) is 3.63. The lowest BCUT2D eigenvalue weighted by molar-refractivity contribution is 0.403. The summed E-state index contributed by atoms with van der Waals surface area (Å²) in [5, 5.41) is 1.79. The summed E-state index contributed by atoms with van der Waals surface area (Å²) in [6.45, 7) is 4.01. The molecular formula is C19H30N4O. The predicted molar refractivity (Wildman–Crippen MR) is 103 cm³/mol. The molecule has 1 atom stereocenters. The van der Waals surface area contributed by atoms with Crippen LogP contribution in [0.2, 0.25) is 0 Å². The average Bonchev–Trinajstić information content (AvgIpc) is 3.22. The molecule has 0 fully saturated rings. The molecule has 0 spiro atoms. The largest absolute Gasteiger partial charge is 0.309 e. The van der Waals surface area contributed by atoms with E-state index in [0.717, 1.165) is 43.1 Å². The van der Waals surface area contributed by atoms with Crippen LogP contribution in [0.25, 0.3) is 10.8 Å². The summed E-state index contributed by atoms with van der Waals surface area (Å²) in [5.74, 6) is 0. The van der Waals surface area contributed by atoms with Crippen molar-refractivity contribution in [2.45, 2.75) is 45.2 Å². The molecule has 0 aliphatic rings. The summed E-state index contributed by atoms with van der Waals surface area (Å²) in [4.78, 5) is 20.8. The van der Waals surface area contributed by atoms with Crippen LogP contribution in [0, 0.1) is 0 Å². The Morgan fingerprint density at radius 3 is 2.38 bits per heavy atom. The summed E-state index contributed by atoms with van der Waals surface area (Å²) in [5.41, 5.74) is 6.00. The van der Waals surface area contributed by atoms with Gasteiger partial charge in [0.1, 0.15) is 6.17 Å². The number of fused-ring (bicyclic) bond motifs is 1. The first kappa shape index (κ1) is 20.2. The number of nitrogens with zero attached hydrogens (tertiary/aromatic N) is 3. The van der Waals surface area contributed by atoms with E-state index < -0.39 is 0 Å². The van der Waals surface area contributed by atoms with Crippen LogP contribution in [-0.2, 0) is 0 Å². The standard InChI is InChI=1S/C12H26N4.C7H4O/c1-4-5-6-8-12(13)15-11-14-9-7-10-16(2)3;8-7-5-3-1-2-4-6(5)7/h12H,4-10,13H2,1-3H3;1-4H. The topological polar surface area (TPSA) is 71.0 Å². The minimum absolute atomic E-state index is 0.121. The maximum atomic E-state index is 10.5. The Morgan fingerprint density at radius 1 is 1.17 bits per heavy atom. The van der Waals surface area contributed by atoms with E-state index in [-0.39, 0.29) is 11.6 Å². The number of unbranched alkanes of at least 4 members (excludes halogenated alkanes) is 2. The smallest absolute Gasteiger partial charge is 0.194 e. The minimum Gasteiger partial charge on any atom is -0.309 e. The number of hydrogen-bond donors (Lipinski definition) is 1. The van der Waals surface area contributed by atoms with Crippen LogP contribution in [0.5, 0.6) is 0 Å². The zero-order valence-corrected chi connectivity index (χ0v) is 15.2. The third kappa shape index (κ3) is 8.73. The van der Waals surface area contributed by atoms with Gasteiger partial charge in [-0.1, -0.05) is 44.0 Å². The third-order valence-corrected chi connectivity index (χ3v) is 3.63. The fourth-order valence-electron chi connectivity index (χ4n) is 2.13. The predicted octanol–water partition coefficient (Wildman–Crippen LogP) is 3.05. The van der Waals surface area contributed by atoms with Crippen molar-refractivity contribution in [1.82, 2.24) is 4.90 Å². The van der Waals surface area contributed by atoms with E-state index in [1.165, 1.54) is 12.8 Å². The zero-order valence-electron chi connectivity index (χ0n) is 15.2. The molecule has 0 heterocycles. The van der Waals surface area contributed by atoms with Crippen LogP contribution < -0.4 is 11.2 Å². The molecule has 0 saturated carbocycles. The lowest BCUT2D eigenvalue weighted by Gasteiger charge is -2.06. The van der Waals surface area contributed by atoms with Crippen LogP contribution in [-0.4, -0.2) is 44.3 Å². The van der Waals surface area contributed by atoms with E-state index in [1.807, 2.05) is 24.3 Å². The van der Waals surface area contributed by atoms with Gasteiger partial charge in [0, 0.05) is 10.8 Å². The Balaban J connectivity index is 0.000000292. The van der Waals surface area contributed by atoms with Gasteiger partial charge in [-0.2, -0.15) is 0 Å². The Bertz CT molecular complexity index is 618. The van der Waals surface area contributed by atoms with Crippen LogP contribution in [0.1, 0.15) is 39.0 Å². The van der Waals surface area contributed by atoms with Crippen molar-refractivity contribution in [3.63, 3.8) is 0 Å².